The molecular weight excluding hydrogens is 657 g/mol. The van der Waals surface area contributed by atoms with E-state index in [0.29, 0.717) is 19.6 Å². The molecule has 1 saturated heterocycles. The number of carbonyl (C=O) groups is 2. The van der Waals surface area contributed by atoms with E-state index in [1.165, 1.54) is 0 Å². The number of ether oxygens (including phenoxy) is 3. The third-order valence-electron chi connectivity index (χ3n) is 5.78. The zero-order valence-electron chi connectivity index (χ0n) is 29.6. The highest BCUT2D eigenvalue weighted by Crippen LogP contribution is 2.31. The van der Waals surface area contributed by atoms with Crippen molar-refractivity contribution in [2.45, 2.75) is 65.3 Å². The van der Waals surface area contributed by atoms with Gasteiger partial charge in [-0.2, -0.15) is 0 Å². The molecule has 0 bridgehead atoms. The molecule has 1 aliphatic rings. The van der Waals surface area contributed by atoms with Crippen molar-refractivity contribution in [1.29, 1.82) is 0 Å². The summed E-state index contributed by atoms with van der Waals surface area (Å²) in [6.45, 7) is 8.15. The van der Waals surface area contributed by atoms with E-state index in [2.05, 4.69) is 189 Å². The Labute approximate surface area is 359 Å². The van der Waals surface area contributed by atoms with E-state index in [1.807, 2.05) is 13.8 Å². The van der Waals surface area contributed by atoms with E-state index in [1.54, 1.807) is 13.8 Å². The number of rotatable bonds is 10. The summed E-state index contributed by atoms with van der Waals surface area (Å²) in [7, 11) is 0. The minimum atomic E-state index is -0.481. The third kappa shape index (κ3) is 23.2. The second kappa shape index (κ2) is 31.4. The zero-order valence-corrected chi connectivity index (χ0v) is 29.6. The van der Waals surface area contributed by atoms with Gasteiger partial charge in [-0.3, -0.25) is 9.59 Å². The first-order chi connectivity index (χ1) is 26.1. The van der Waals surface area contributed by atoms with Crippen molar-refractivity contribution in [3.05, 3.63) is 0 Å². The highest BCUT2D eigenvalue weighted by Gasteiger charge is 2.43. The summed E-state index contributed by atoms with van der Waals surface area (Å²) < 4.78 is 18.0. The predicted molar refractivity (Wildman–Crippen MR) is 267 cm³/mol. The molecule has 0 aromatic rings. The number of hydrogen-bond donors (Lipinski definition) is 0. The lowest BCUT2D eigenvalue weighted by Gasteiger charge is -2.29. The molecule has 5 heteroatoms. The Morgan fingerprint density at radius 3 is 1.32 bits per heavy atom. The van der Waals surface area contributed by atoms with Gasteiger partial charge in [0.1, 0.15) is 6.10 Å². The molecule has 0 radical (unpaired) electrons. The molecule has 53 heavy (non-hydrogen) atoms. The fourth-order valence-electron chi connectivity index (χ4n) is 3.87. The average molecular weight is 745 g/mol. The minimum Gasteiger partial charge on any atom is -0.376 e. The molecule has 0 aliphatic carbocycles. The van der Waals surface area contributed by atoms with Gasteiger partial charge in [-0.05, 0) is 212 Å². The van der Waals surface area contributed by atoms with Crippen LogP contribution >= 0.6 is 0 Å². The van der Waals surface area contributed by atoms with E-state index in [9.17, 15) is 9.59 Å². The minimum absolute atomic E-state index is 0. The van der Waals surface area contributed by atoms with E-state index in [0.717, 1.165) is 0 Å². The first kappa shape index (κ1) is 43.2. The van der Waals surface area contributed by atoms with Gasteiger partial charge in [0.2, 0.25) is 11.6 Å². The average Bonchev–Trinajstić information content (AvgIpc) is 3.54. The Hall–Kier alpha value is -7.82. The molecule has 4 atom stereocenters. The molecule has 1 rings (SSSR count). The Morgan fingerprint density at radius 2 is 0.943 bits per heavy atom. The first-order valence-electron chi connectivity index (χ1n) is 15.8. The monoisotopic (exact) mass is 745 g/mol. The summed E-state index contributed by atoms with van der Waals surface area (Å²) >= 11 is 0. The van der Waals surface area contributed by atoms with Gasteiger partial charge in [0.15, 0.2) is 0 Å². The molecule has 1 heterocycles. The maximum atomic E-state index is 12.6. The maximum absolute atomic E-state index is 12.6. The lowest BCUT2D eigenvalue weighted by atomic mass is 9.92. The predicted octanol–water partition coefficient (Wildman–Crippen LogP) is 9.59. The fraction of sp³-hybridized carbons (Fsp3) is 0.292. The highest BCUT2D eigenvalue weighted by atomic mass is 16.6. The summed E-state index contributed by atoms with van der Waals surface area (Å²) in [5, 5.41) is 0. The number of hydrogen-bond acceptors (Lipinski definition) is 5. The van der Waals surface area contributed by atoms with Crippen LogP contribution in [-0.2, 0) is 23.8 Å². The molecule has 0 spiro atoms. The van der Waals surface area contributed by atoms with E-state index in [4.69, 9.17) is 14.2 Å². The van der Waals surface area contributed by atoms with Gasteiger partial charge in [0.05, 0.1) is 18.8 Å². The maximum Gasteiger partial charge on any atom is 0.206 e. The van der Waals surface area contributed by atoms with E-state index < -0.39 is 18.3 Å². The van der Waals surface area contributed by atoms with Crippen LogP contribution < -0.4 is 0 Å². The van der Waals surface area contributed by atoms with Gasteiger partial charge in [0, 0.05) is 74.8 Å². The molecule has 0 N–H and O–H groups in total. The van der Waals surface area contributed by atoms with Gasteiger partial charge in [-0.1, -0.05) is 11.8 Å². The smallest absolute Gasteiger partial charge is 0.206 e. The van der Waals surface area contributed by atoms with Gasteiger partial charge >= 0.3 is 0 Å². The van der Waals surface area contributed by atoms with Gasteiger partial charge in [-0.15, -0.1) is 0 Å². The van der Waals surface area contributed by atoms with Crippen LogP contribution in [0, 0.1) is 195 Å². The summed E-state index contributed by atoms with van der Waals surface area (Å²) in [4.78, 5) is 25.0. The van der Waals surface area contributed by atoms with Crippen LogP contribution in [0.5, 0.6) is 0 Å². The Morgan fingerprint density at radius 1 is 0.566 bits per heavy atom. The second-order valence-electron chi connectivity index (χ2n) is 9.31. The fourth-order valence-corrected chi connectivity index (χ4v) is 3.87. The van der Waals surface area contributed by atoms with E-state index >= 15 is 0 Å². The standard InChI is InChI=1S/C48H28O5.30H2/c1-5-9-11-13-15-17-19-21-23-25-27-29-31-33-35-37-44(49)39-40-46(51-7-3)48-47(52-8-4)43(42-53-48)41-45(50)38-36-34-32-30-28-26-24-22-20-18-16-14-12-10-6-2;;;;;;;;;;;;;;;;;;;;;;;;;;;;;;/h43,46-48H,7-8,39-42H2,1-4H3;30*1H/t43-,46?,47+,48+;;;;;;;;;;;;;;;;;;;;;;;;;;;;;;/m0............................../s1. The molecule has 1 aliphatic heterocycles. The molecule has 1 fully saturated rings. The van der Waals surface area contributed by atoms with Gasteiger partial charge in [-0.25, -0.2) is 0 Å². The molecule has 0 amide bonds. The lowest BCUT2D eigenvalue weighted by Crippen LogP contribution is -2.41. The molecule has 0 aromatic heterocycles. The third-order valence-corrected chi connectivity index (χ3v) is 5.78. The molecule has 0 saturated carbocycles. The second-order valence-corrected chi connectivity index (χ2v) is 9.31. The molecule has 0 aromatic carbocycles. The summed E-state index contributed by atoms with van der Waals surface area (Å²) in [5.74, 6) is 79.8. The Balaban J connectivity index is -0.0000000334. The molecular formula is C48H88O5. The van der Waals surface area contributed by atoms with Gasteiger partial charge in [0.25, 0.3) is 0 Å². The number of ketones is 2. The van der Waals surface area contributed by atoms with Crippen LogP contribution in [0.15, 0.2) is 0 Å². The largest absolute Gasteiger partial charge is 0.376 e. The van der Waals surface area contributed by atoms with Crippen molar-refractivity contribution < 1.29 is 66.6 Å². The van der Waals surface area contributed by atoms with E-state index in [-0.39, 0.29) is 79.7 Å². The van der Waals surface area contributed by atoms with Crippen molar-refractivity contribution in [2.24, 2.45) is 5.92 Å². The molecule has 5 nitrogen and oxygen atoms in total. The Kier molecular flexibility index (Phi) is 25.6. The lowest BCUT2D eigenvalue weighted by molar-refractivity contribution is -0.118. The SMILES string of the molecule is CC#CC#CC#CC#CC#CC#CC#CC#CC(=O)CCC(OCC)[C@H]1OC[C@H](CC(=O)C#CC#CC#CC#CC#CC#CC#CC#CC)[C@H]1OCC.[HH].[HH].[HH].[HH].[HH].[HH].[HH].[HH].[HH].[HH].[HH].[HH].[HH].[HH].[HH].[HH].[HH].[HH].[HH].[HH].[HH].[HH].[HH].[HH].[HH].[HH].[HH].[HH].[HH].[HH]. The zero-order chi connectivity index (χ0) is 38.5. The van der Waals surface area contributed by atoms with Crippen molar-refractivity contribution in [2.75, 3.05) is 19.8 Å². The van der Waals surface area contributed by atoms with Crippen molar-refractivity contribution >= 4 is 11.6 Å². The van der Waals surface area contributed by atoms with Crippen LogP contribution in [0.1, 0.15) is 89.8 Å². The van der Waals surface area contributed by atoms with Crippen LogP contribution in [0.3, 0.4) is 0 Å². The summed E-state index contributed by atoms with van der Waals surface area (Å²) in [6, 6.07) is 0. The quantitative estimate of drug-likeness (QED) is 0.165. The van der Waals surface area contributed by atoms with Crippen LogP contribution in [0.25, 0.3) is 0 Å². The molecule has 1 unspecified atom stereocenters. The van der Waals surface area contributed by atoms with Gasteiger partial charge < -0.3 is 14.2 Å². The molecule has 310 valence electrons. The number of carbonyl (C=O) groups excluding carboxylic acids is 2. The highest BCUT2D eigenvalue weighted by molar-refractivity contribution is 5.96. The topological polar surface area (TPSA) is 61.8 Å². The van der Waals surface area contributed by atoms with Crippen LogP contribution in [0.4, 0.5) is 0 Å². The first-order valence-corrected chi connectivity index (χ1v) is 15.8. The summed E-state index contributed by atoms with van der Waals surface area (Å²) in [6.07, 6.45) is -0.795. The van der Waals surface area contributed by atoms with Crippen molar-refractivity contribution in [1.82, 2.24) is 0 Å². The summed E-state index contributed by atoms with van der Waals surface area (Å²) in [5.41, 5.74) is 0. The van der Waals surface area contributed by atoms with Crippen LogP contribution in [-0.4, -0.2) is 49.7 Å². The van der Waals surface area contributed by atoms with Crippen molar-refractivity contribution in [3.63, 3.8) is 0 Å². The normalized spacial score (nSPS) is 13.0. The van der Waals surface area contributed by atoms with Crippen molar-refractivity contribution in [3.8, 4) is 189 Å². The van der Waals surface area contributed by atoms with Crippen LogP contribution in [0.2, 0.25) is 0 Å². The Bertz CT molecular complexity index is 2510. The number of Topliss-reactive ketones (excluding diaryl/α,β-unsaturated/α-hetero) is 2.